The molecule has 0 bridgehead atoms. The van der Waals surface area contributed by atoms with Gasteiger partial charge >= 0.3 is 0 Å². The number of rotatable bonds is 5. The molecular weight excluding hydrogens is 357 g/mol. The number of benzene rings is 2. The van der Waals surface area contributed by atoms with Crippen molar-refractivity contribution in [2.75, 3.05) is 18.1 Å². The third-order valence-corrected chi connectivity index (χ3v) is 4.15. The topological polar surface area (TPSA) is 102 Å². The Labute approximate surface area is 153 Å². The van der Waals surface area contributed by atoms with Gasteiger partial charge in [0.2, 0.25) is 5.91 Å². The van der Waals surface area contributed by atoms with Crippen LogP contribution in [0.5, 0.6) is 5.75 Å². The van der Waals surface area contributed by atoms with Crippen LogP contribution >= 0.6 is 0 Å². The van der Waals surface area contributed by atoms with Gasteiger partial charge in [0, 0.05) is 12.1 Å². The van der Waals surface area contributed by atoms with E-state index in [9.17, 15) is 24.1 Å². The van der Waals surface area contributed by atoms with Gasteiger partial charge in [-0.05, 0) is 30.7 Å². The van der Waals surface area contributed by atoms with Gasteiger partial charge in [-0.25, -0.2) is 4.39 Å². The Morgan fingerprint density at radius 2 is 2.04 bits per heavy atom. The Bertz CT molecular complexity index is 900. The molecule has 140 valence electrons. The SMILES string of the molecule is CC(NC(=O)CN1C(=O)COc2ccc([N+](=O)[O-])cc21)c1ccc(F)cc1. The first-order valence-corrected chi connectivity index (χ1v) is 8.11. The molecule has 0 radical (unpaired) electrons. The van der Waals surface area contributed by atoms with E-state index < -0.39 is 22.8 Å². The lowest BCUT2D eigenvalue weighted by atomic mass is 10.1. The molecule has 1 aliphatic rings. The average Bonchev–Trinajstić information content (AvgIpc) is 2.64. The highest BCUT2D eigenvalue weighted by atomic mass is 19.1. The van der Waals surface area contributed by atoms with Gasteiger partial charge in [-0.1, -0.05) is 12.1 Å². The second kappa shape index (κ2) is 7.40. The van der Waals surface area contributed by atoms with E-state index >= 15 is 0 Å². The van der Waals surface area contributed by atoms with E-state index in [1.165, 1.54) is 30.3 Å². The fourth-order valence-electron chi connectivity index (χ4n) is 2.74. The molecule has 9 heteroatoms. The highest BCUT2D eigenvalue weighted by Gasteiger charge is 2.29. The Balaban J connectivity index is 1.75. The summed E-state index contributed by atoms with van der Waals surface area (Å²) in [6, 6.07) is 9.15. The van der Waals surface area contributed by atoms with E-state index in [1.807, 2.05) is 0 Å². The minimum absolute atomic E-state index is 0.171. The highest BCUT2D eigenvalue weighted by Crippen LogP contribution is 2.35. The summed E-state index contributed by atoms with van der Waals surface area (Å²) in [7, 11) is 0. The number of nitrogens with one attached hydrogen (secondary N) is 1. The normalized spacial score (nSPS) is 14.1. The second-order valence-corrected chi connectivity index (χ2v) is 6.02. The number of nitrogens with zero attached hydrogens (tertiary/aromatic N) is 2. The third-order valence-electron chi connectivity index (χ3n) is 4.15. The summed E-state index contributed by atoms with van der Waals surface area (Å²) < 4.78 is 18.3. The van der Waals surface area contributed by atoms with E-state index in [0.717, 1.165) is 4.90 Å². The predicted molar refractivity (Wildman–Crippen MR) is 93.9 cm³/mol. The zero-order valence-corrected chi connectivity index (χ0v) is 14.3. The highest BCUT2D eigenvalue weighted by molar-refractivity contribution is 6.02. The first-order chi connectivity index (χ1) is 12.8. The van der Waals surface area contributed by atoms with E-state index in [1.54, 1.807) is 19.1 Å². The molecule has 1 aliphatic heterocycles. The fourth-order valence-corrected chi connectivity index (χ4v) is 2.74. The van der Waals surface area contributed by atoms with Gasteiger partial charge in [0.15, 0.2) is 6.61 Å². The van der Waals surface area contributed by atoms with E-state index in [4.69, 9.17) is 4.74 Å². The Morgan fingerprint density at radius 3 is 2.70 bits per heavy atom. The molecule has 0 aromatic heterocycles. The van der Waals surface area contributed by atoms with Crippen LogP contribution in [-0.4, -0.2) is 29.9 Å². The lowest BCUT2D eigenvalue weighted by Crippen LogP contribution is -2.45. The standard InChI is InChI=1S/C18H16FN3O5/c1-11(12-2-4-13(19)5-3-12)20-17(23)9-21-15-8-14(22(25)26)6-7-16(15)27-10-18(21)24/h2-8,11H,9-10H2,1H3,(H,20,23). The van der Waals surface area contributed by atoms with Crippen LogP contribution < -0.4 is 15.0 Å². The molecule has 0 aliphatic carbocycles. The maximum Gasteiger partial charge on any atom is 0.271 e. The summed E-state index contributed by atoms with van der Waals surface area (Å²) in [6.07, 6.45) is 0. The van der Waals surface area contributed by atoms with Crippen LogP contribution in [0.3, 0.4) is 0 Å². The smallest absolute Gasteiger partial charge is 0.271 e. The van der Waals surface area contributed by atoms with Gasteiger partial charge in [-0.15, -0.1) is 0 Å². The van der Waals surface area contributed by atoms with E-state index in [-0.39, 0.29) is 30.3 Å². The predicted octanol–water partition coefficient (Wildman–Crippen LogP) is 2.34. The zero-order chi connectivity index (χ0) is 19.6. The molecule has 0 fully saturated rings. The second-order valence-electron chi connectivity index (χ2n) is 6.02. The summed E-state index contributed by atoms with van der Waals surface area (Å²) in [4.78, 5) is 36.1. The van der Waals surface area contributed by atoms with Crippen molar-refractivity contribution in [3.8, 4) is 5.75 Å². The van der Waals surface area contributed by atoms with Crippen molar-refractivity contribution < 1.29 is 23.6 Å². The molecule has 2 amide bonds. The summed E-state index contributed by atoms with van der Waals surface area (Å²) in [6.45, 7) is 1.15. The molecule has 27 heavy (non-hydrogen) atoms. The molecular formula is C18H16FN3O5. The molecule has 1 atom stereocenters. The lowest BCUT2D eigenvalue weighted by Gasteiger charge is -2.29. The van der Waals surface area contributed by atoms with Crippen LogP contribution in [0.4, 0.5) is 15.8 Å². The first-order valence-electron chi connectivity index (χ1n) is 8.11. The number of anilines is 1. The molecule has 0 saturated carbocycles. The summed E-state index contributed by atoms with van der Waals surface area (Å²) >= 11 is 0. The number of fused-ring (bicyclic) bond motifs is 1. The number of nitro groups is 1. The molecule has 2 aromatic carbocycles. The maximum atomic E-state index is 13.0. The number of hydrogen-bond donors (Lipinski definition) is 1. The van der Waals surface area contributed by atoms with Crippen molar-refractivity contribution in [3.63, 3.8) is 0 Å². The first kappa shape index (κ1) is 18.3. The quantitative estimate of drug-likeness (QED) is 0.640. The number of nitro benzene ring substituents is 1. The van der Waals surface area contributed by atoms with Crippen molar-refractivity contribution >= 4 is 23.2 Å². The van der Waals surface area contributed by atoms with Gasteiger partial charge in [-0.3, -0.25) is 24.6 Å². The number of amides is 2. The minimum Gasteiger partial charge on any atom is -0.482 e. The van der Waals surface area contributed by atoms with Gasteiger partial charge in [-0.2, -0.15) is 0 Å². The monoisotopic (exact) mass is 373 g/mol. The van der Waals surface area contributed by atoms with Gasteiger partial charge in [0.25, 0.3) is 11.6 Å². The van der Waals surface area contributed by atoms with Gasteiger partial charge in [0.05, 0.1) is 16.7 Å². The Hall–Kier alpha value is -3.49. The number of non-ortho nitro benzene ring substituents is 1. The molecule has 1 heterocycles. The summed E-state index contributed by atoms with van der Waals surface area (Å²) in [5.41, 5.74) is 0.663. The van der Waals surface area contributed by atoms with E-state index in [2.05, 4.69) is 5.32 Å². The molecule has 2 aromatic rings. The summed E-state index contributed by atoms with van der Waals surface area (Å²) in [5.74, 6) is -1.03. The largest absolute Gasteiger partial charge is 0.482 e. The van der Waals surface area contributed by atoms with Crippen molar-refractivity contribution in [1.29, 1.82) is 0 Å². The molecule has 1 unspecified atom stereocenters. The average molecular weight is 373 g/mol. The van der Waals surface area contributed by atoms with Crippen LogP contribution in [0, 0.1) is 15.9 Å². The maximum absolute atomic E-state index is 13.0. The van der Waals surface area contributed by atoms with Crippen molar-refractivity contribution in [3.05, 3.63) is 64.0 Å². The van der Waals surface area contributed by atoms with Crippen LogP contribution in [0.1, 0.15) is 18.5 Å². The third kappa shape index (κ3) is 4.02. The van der Waals surface area contributed by atoms with E-state index in [0.29, 0.717) is 11.3 Å². The number of ether oxygens (including phenoxy) is 1. The van der Waals surface area contributed by atoms with Crippen molar-refractivity contribution in [1.82, 2.24) is 5.32 Å². The van der Waals surface area contributed by atoms with Gasteiger partial charge < -0.3 is 10.1 Å². The molecule has 3 rings (SSSR count). The summed E-state index contributed by atoms with van der Waals surface area (Å²) in [5, 5.41) is 13.7. The number of hydrogen-bond acceptors (Lipinski definition) is 5. The van der Waals surface area contributed by atoms with Crippen LogP contribution in [0.25, 0.3) is 0 Å². The van der Waals surface area contributed by atoms with Crippen LogP contribution in [0.15, 0.2) is 42.5 Å². The van der Waals surface area contributed by atoms with Crippen LogP contribution in [-0.2, 0) is 9.59 Å². The lowest BCUT2D eigenvalue weighted by molar-refractivity contribution is -0.384. The Kier molecular flexibility index (Phi) is 5.02. The zero-order valence-electron chi connectivity index (χ0n) is 14.3. The fraction of sp³-hybridized carbons (Fsp3) is 0.222. The van der Waals surface area contributed by atoms with Crippen molar-refractivity contribution in [2.24, 2.45) is 0 Å². The molecule has 0 spiro atoms. The van der Waals surface area contributed by atoms with Gasteiger partial charge in [0.1, 0.15) is 18.1 Å². The molecule has 1 N–H and O–H groups in total. The number of carbonyl (C=O) groups is 2. The molecule has 8 nitrogen and oxygen atoms in total. The number of halogens is 1. The van der Waals surface area contributed by atoms with Crippen molar-refractivity contribution in [2.45, 2.75) is 13.0 Å². The Morgan fingerprint density at radius 1 is 1.33 bits per heavy atom. The molecule has 0 saturated heterocycles. The number of carbonyl (C=O) groups excluding carboxylic acids is 2. The minimum atomic E-state index is -0.589. The van der Waals surface area contributed by atoms with Crippen LogP contribution in [0.2, 0.25) is 0 Å².